The van der Waals surface area contributed by atoms with Gasteiger partial charge in [0.15, 0.2) is 5.78 Å². The molecule has 2 aromatic carbocycles. The molecule has 2 rings (SSSR count). The maximum Gasteiger partial charge on any atom is 0.241 e. The summed E-state index contributed by atoms with van der Waals surface area (Å²) in [6, 6.07) is 13.9. The second-order valence-corrected chi connectivity index (χ2v) is 6.78. The smallest absolute Gasteiger partial charge is 0.241 e. The molecule has 0 bridgehead atoms. The number of likely N-dealkylation sites (N-methyl/N-ethyl adjacent to an activating group) is 1. The van der Waals surface area contributed by atoms with Gasteiger partial charge in [0.2, 0.25) is 11.8 Å². The minimum Gasteiger partial charge on any atom is -0.325 e. The number of rotatable bonds is 8. The molecule has 2 amide bonds. The highest BCUT2D eigenvalue weighted by Gasteiger charge is 2.20. The SMILES string of the molecule is CCc1ccccc1NC(=O)CN(C)[C@H](C)C(=O)Nc1cccc(C(C)=O)c1. The van der Waals surface area contributed by atoms with Crippen LogP contribution >= 0.6 is 0 Å². The summed E-state index contributed by atoms with van der Waals surface area (Å²) in [7, 11) is 1.72. The van der Waals surface area contributed by atoms with Gasteiger partial charge in [-0.25, -0.2) is 0 Å². The number of carbonyl (C=O) groups is 3. The van der Waals surface area contributed by atoms with Crippen LogP contribution in [0.3, 0.4) is 0 Å². The van der Waals surface area contributed by atoms with Crippen molar-refractivity contribution in [2.45, 2.75) is 33.2 Å². The van der Waals surface area contributed by atoms with E-state index in [0.717, 1.165) is 17.7 Å². The van der Waals surface area contributed by atoms with Crippen molar-refractivity contribution in [2.75, 3.05) is 24.2 Å². The molecule has 2 aromatic rings. The molecule has 1 atom stereocenters. The van der Waals surface area contributed by atoms with Crippen molar-refractivity contribution in [2.24, 2.45) is 0 Å². The van der Waals surface area contributed by atoms with Crippen LogP contribution in [0.2, 0.25) is 0 Å². The number of nitrogens with zero attached hydrogens (tertiary/aromatic N) is 1. The van der Waals surface area contributed by atoms with E-state index >= 15 is 0 Å². The molecular formula is C22H27N3O3. The van der Waals surface area contributed by atoms with Gasteiger partial charge in [0.1, 0.15) is 0 Å². The van der Waals surface area contributed by atoms with Gasteiger partial charge in [-0.05, 0) is 51.1 Å². The Labute approximate surface area is 165 Å². The van der Waals surface area contributed by atoms with Gasteiger partial charge in [-0.15, -0.1) is 0 Å². The maximum absolute atomic E-state index is 12.5. The summed E-state index contributed by atoms with van der Waals surface area (Å²) in [5.41, 5.74) is 2.95. The van der Waals surface area contributed by atoms with Crippen molar-refractivity contribution in [3.8, 4) is 0 Å². The molecule has 0 radical (unpaired) electrons. The molecule has 0 saturated heterocycles. The topological polar surface area (TPSA) is 78.5 Å². The van der Waals surface area contributed by atoms with E-state index in [2.05, 4.69) is 10.6 Å². The number of ketones is 1. The van der Waals surface area contributed by atoms with E-state index in [1.165, 1.54) is 6.92 Å². The molecule has 0 aliphatic rings. The molecule has 6 nitrogen and oxygen atoms in total. The third-order valence-corrected chi connectivity index (χ3v) is 4.64. The number of carbonyl (C=O) groups excluding carboxylic acids is 3. The Bertz CT molecular complexity index is 864. The number of nitrogens with one attached hydrogen (secondary N) is 2. The predicted octanol–water partition coefficient (Wildman–Crippen LogP) is 3.35. The minimum absolute atomic E-state index is 0.0645. The molecule has 6 heteroatoms. The van der Waals surface area contributed by atoms with Crippen LogP contribution in [0.1, 0.15) is 36.7 Å². The largest absolute Gasteiger partial charge is 0.325 e. The number of amides is 2. The van der Waals surface area contributed by atoms with Crippen molar-refractivity contribution in [1.82, 2.24) is 4.90 Å². The van der Waals surface area contributed by atoms with Crippen molar-refractivity contribution in [1.29, 1.82) is 0 Å². The first-order valence-corrected chi connectivity index (χ1v) is 9.31. The van der Waals surface area contributed by atoms with Crippen LogP contribution in [0.15, 0.2) is 48.5 Å². The second kappa shape index (κ2) is 9.80. The summed E-state index contributed by atoms with van der Waals surface area (Å²) in [6.45, 7) is 5.33. The van der Waals surface area contributed by atoms with E-state index < -0.39 is 6.04 Å². The zero-order valence-corrected chi connectivity index (χ0v) is 16.8. The zero-order valence-electron chi connectivity index (χ0n) is 16.8. The summed E-state index contributed by atoms with van der Waals surface area (Å²) in [5, 5.41) is 5.70. The monoisotopic (exact) mass is 381 g/mol. The Morgan fingerprint density at radius 2 is 1.75 bits per heavy atom. The molecule has 0 aromatic heterocycles. The van der Waals surface area contributed by atoms with Crippen LogP contribution in [0.25, 0.3) is 0 Å². The normalized spacial score (nSPS) is 11.8. The van der Waals surface area contributed by atoms with E-state index in [1.807, 2.05) is 31.2 Å². The van der Waals surface area contributed by atoms with Gasteiger partial charge in [-0.3, -0.25) is 19.3 Å². The summed E-state index contributed by atoms with van der Waals surface area (Å²) >= 11 is 0. The van der Waals surface area contributed by atoms with E-state index in [0.29, 0.717) is 11.3 Å². The first-order chi connectivity index (χ1) is 13.3. The lowest BCUT2D eigenvalue weighted by atomic mass is 10.1. The molecule has 0 aliphatic heterocycles. The summed E-state index contributed by atoms with van der Waals surface area (Å²) in [4.78, 5) is 38.0. The standard InChI is InChI=1S/C22H27N3O3/c1-5-17-9-6-7-12-20(17)24-21(27)14-25(4)15(2)22(28)23-19-11-8-10-18(13-19)16(3)26/h6-13,15H,5,14H2,1-4H3,(H,23,28)(H,24,27)/t15-/m1/s1. The molecule has 0 unspecified atom stereocenters. The Kier molecular flexibility index (Phi) is 7.46. The molecule has 0 heterocycles. The zero-order chi connectivity index (χ0) is 20.7. The Morgan fingerprint density at radius 1 is 1.04 bits per heavy atom. The lowest BCUT2D eigenvalue weighted by Crippen LogP contribution is -2.43. The average molecular weight is 381 g/mol. The van der Waals surface area contributed by atoms with Crippen LogP contribution in [0.5, 0.6) is 0 Å². The van der Waals surface area contributed by atoms with Crippen LogP contribution in [0, 0.1) is 0 Å². The lowest BCUT2D eigenvalue weighted by molar-refractivity contribution is -0.122. The van der Waals surface area contributed by atoms with Gasteiger partial charge in [-0.2, -0.15) is 0 Å². The first kappa shape index (κ1) is 21.3. The fourth-order valence-corrected chi connectivity index (χ4v) is 2.77. The molecule has 28 heavy (non-hydrogen) atoms. The van der Waals surface area contributed by atoms with Crippen LogP contribution < -0.4 is 10.6 Å². The third-order valence-electron chi connectivity index (χ3n) is 4.64. The third kappa shape index (κ3) is 5.76. The second-order valence-electron chi connectivity index (χ2n) is 6.78. The van der Waals surface area contributed by atoms with Crippen LogP contribution in [-0.2, 0) is 16.0 Å². The lowest BCUT2D eigenvalue weighted by Gasteiger charge is -2.23. The molecule has 0 fully saturated rings. The van der Waals surface area contributed by atoms with E-state index in [1.54, 1.807) is 43.1 Å². The fraction of sp³-hybridized carbons (Fsp3) is 0.318. The van der Waals surface area contributed by atoms with Gasteiger partial charge < -0.3 is 10.6 Å². The highest BCUT2D eigenvalue weighted by molar-refractivity contribution is 5.99. The molecular weight excluding hydrogens is 354 g/mol. The van der Waals surface area contributed by atoms with Crippen molar-refractivity contribution >= 4 is 29.0 Å². The number of hydrogen-bond acceptors (Lipinski definition) is 4. The van der Waals surface area contributed by atoms with Crippen molar-refractivity contribution in [3.63, 3.8) is 0 Å². The van der Waals surface area contributed by atoms with E-state index in [4.69, 9.17) is 0 Å². The molecule has 0 saturated carbocycles. The summed E-state index contributed by atoms with van der Waals surface area (Å²) in [6.07, 6.45) is 0.824. The quantitative estimate of drug-likeness (QED) is 0.688. The van der Waals surface area contributed by atoms with Gasteiger partial charge in [0.05, 0.1) is 12.6 Å². The van der Waals surface area contributed by atoms with Gasteiger partial charge in [0.25, 0.3) is 0 Å². The van der Waals surface area contributed by atoms with Crippen molar-refractivity contribution < 1.29 is 14.4 Å². The van der Waals surface area contributed by atoms with E-state index in [9.17, 15) is 14.4 Å². The maximum atomic E-state index is 12.5. The predicted molar refractivity (Wildman–Crippen MR) is 112 cm³/mol. The Morgan fingerprint density at radius 3 is 2.43 bits per heavy atom. The summed E-state index contributed by atoms with van der Waals surface area (Å²) < 4.78 is 0. The van der Waals surface area contributed by atoms with Gasteiger partial charge in [0, 0.05) is 16.9 Å². The van der Waals surface area contributed by atoms with E-state index in [-0.39, 0.29) is 24.1 Å². The highest BCUT2D eigenvalue weighted by Crippen LogP contribution is 2.16. The van der Waals surface area contributed by atoms with Crippen LogP contribution in [-0.4, -0.2) is 42.1 Å². The Hall–Kier alpha value is -2.99. The summed E-state index contributed by atoms with van der Waals surface area (Å²) in [5.74, 6) is -0.489. The molecule has 0 aliphatic carbocycles. The molecule has 0 spiro atoms. The number of para-hydroxylation sites is 1. The number of hydrogen-bond donors (Lipinski definition) is 2. The highest BCUT2D eigenvalue weighted by atomic mass is 16.2. The van der Waals surface area contributed by atoms with Crippen molar-refractivity contribution in [3.05, 3.63) is 59.7 Å². The molecule has 148 valence electrons. The number of Topliss-reactive ketones (excluding diaryl/α,β-unsaturated/α-hetero) is 1. The number of benzene rings is 2. The minimum atomic E-state index is -0.520. The number of aryl methyl sites for hydroxylation is 1. The number of anilines is 2. The fourth-order valence-electron chi connectivity index (χ4n) is 2.77. The van der Waals surface area contributed by atoms with Crippen LogP contribution in [0.4, 0.5) is 11.4 Å². The average Bonchev–Trinajstić information content (AvgIpc) is 2.67. The van der Waals surface area contributed by atoms with Gasteiger partial charge in [-0.1, -0.05) is 37.3 Å². The Balaban J connectivity index is 1.94. The molecule has 2 N–H and O–H groups in total. The first-order valence-electron chi connectivity index (χ1n) is 9.31. The van der Waals surface area contributed by atoms with Gasteiger partial charge >= 0.3 is 0 Å².